The second-order valence-electron chi connectivity index (χ2n) is 4.00. The minimum Gasteiger partial charge on any atom is -0.271 e. The molecule has 0 aliphatic rings. The van der Waals surface area contributed by atoms with Gasteiger partial charge >= 0.3 is 0 Å². The van der Waals surface area contributed by atoms with Gasteiger partial charge in [0.1, 0.15) is 11.6 Å². The van der Waals surface area contributed by atoms with E-state index in [9.17, 15) is 8.78 Å². The predicted octanol–water partition coefficient (Wildman–Crippen LogP) is 3.70. The second kappa shape index (κ2) is 6.89. The lowest BCUT2D eigenvalue weighted by molar-refractivity contribution is 0.460. The van der Waals surface area contributed by atoms with Crippen molar-refractivity contribution in [3.05, 3.63) is 34.4 Å². The van der Waals surface area contributed by atoms with Crippen LogP contribution in [0.4, 0.5) is 8.78 Å². The number of hydrazine groups is 1. The molecule has 17 heavy (non-hydrogen) atoms. The zero-order chi connectivity index (χ0) is 12.8. The number of nitrogens with two attached hydrogens (primary N) is 1. The maximum Gasteiger partial charge on any atom is 0.142 e. The molecule has 0 spiro atoms. The van der Waals surface area contributed by atoms with E-state index in [0.717, 1.165) is 31.4 Å². The molecule has 0 aliphatic heterocycles. The van der Waals surface area contributed by atoms with Crippen LogP contribution in [0.15, 0.2) is 12.1 Å². The fourth-order valence-corrected chi connectivity index (χ4v) is 1.88. The third-order valence-corrected chi connectivity index (χ3v) is 3.00. The van der Waals surface area contributed by atoms with Gasteiger partial charge in [0, 0.05) is 11.6 Å². The summed E-state index contributed by atoms with van der Waals surface area (Å²) in [5.74, 6) is 4.21. The largest absolute Gasteiger partial charge is 0.271 e. The molecule has 1 unspecified atom stereocenters. The Morgan fingerprint density at radius 3 is 2.59 bits per heavy atom. The average Bonchev–Trinajstić information content (AvgIpc) is 2.30. The Bertz CT molecular complexity index is 372. The molecule has 0 aromatic heterocycles. The van der Waals surface area contributed by atoms with Crippen molar-refractivity contribution in [3.63, 3.8) is 0 Å². The minimum absolute atomic E-state index is 0.212. The molecular weight excluding hydrogens is 246 g/mol. The number of rotatable bonds is 6. The van der Waals surface area contributed by atoms with Gasteiger partial charge in [0.2, 0.25) is 0 Å². The highest BCUT2D eigenvalue weighted by atomic mass is 35.5. The van der Waals surface area contributed by atoms with E-state index in [4.69, 9.17) is 17.4 Å². The van der Waals surface area contributed by atoms with E-state index in [0.29, 0.717) is 6.42 Å². The molecule has 0 saturated heterocycles. The lowest BCUT2D eigenvalue weighted by atomic mass is 10.0. The molecule has 1 aromatic carbocycles. The van der Waals surface area contributed by atoms with E-state index < -0.39 is 11.6 Å². The summed E-state index contributed by atoms with van der Waals surface area (Å²) in [5, 5.41) is -0.212. The van der Waals surface area contributed by atoms with Crippen LogP contribution < -0.4 is 11.3 Å². The van der Waals surface area contributed by atoms with Crippen LogP contribution in [-0.4, -0.2) is 0 Å². The Kier molecular flexibility index (Phi) is 5.82. The summed E-state index contributed by atoms with van der Waals surface area (Å²) < 4.78 is 26.9. The molecule has 0 amide bonds. The third kappa shape index (κ3) is 3.91. The smallest absolute Gasteiger partial charge is 0.142 e. The molecule has 3 N–H and O–H groups in total. The molecule has 96 valence electrons. The van der Waals surface area contributed by atoms with Gasteiger partial charge < -0.3 is 0 Å². The molecule has 0 bridgehead atoms. The van der Waals surface area contributed by atoms with Crippen LogP contribution in [0.3, 0.4) is 0 Å². The first-order chi connectivity index (χ1) is 8.10. The molecule has 0 saturated carbocycles. The van der Waals surface area contributed by atoms with Gasteiger partial charge in [-0.1, -0.05) is 37.8 Å². The topological polar surface area (TPSA) is 38.0 Å². The zero-order valence-corrected chi connectivity index (χ0v) is 10.5. The van der Waals surface area contributed by atoms with E-state index in [1.807, 2.05) is 0 Å². The van der Waals surface area contributed by atoms with Crippen molar-refractivity contribution in [1.82, 2.24) is 5.43 Å². The van der Waals surface area contributed by atoms with Crippen LogP contribution in [0, 0.1) is 11.6 Å². The first-order valence-corrected chi connectivity index (χ1v) is 6.08. The lowest BCUT2D eigenvalue weighted by Gasteiger charge is -2.17. The molecule has 0 aliphatic carbocycles. The maximum absolute atomic E-state index is 13.6. The Balaban J connectivity index is 2.84. The second-order valence-corrected chi connectivity index (χ2v) is 4.41. The summed E-state index contributed by atoms with van der Waals surface area (Å²) in [5.41, 5.74) is 2.74. The predicted molar refractivity (Wildman–Crippen MR) is 65.6 cm³/mol. The summed E-state index contributed by atoms with van der Waals surface area (Å²) in [4.78, 5) is 0. The van der Waals surface area contributed by atoms with E-state index in [1.54, 1.807) is 0 Å². The quantitative estimate of drug-likeness (QED) is 0.355. The summed E-state index contributed by atoms with van der Waals surface area (Å²) in [6.07, 6.45) is 3.68. The number of hydrogen-bond donors (Lipinski definition) is 2. The zero-order valence-electron chi connectivity index (χ0n) is 9.77. The van der Waals surface area contributed by atoms with Crippen molar-refractivity contribution >= 4 is 11.6 Å². The van der Waals surface area contributed by atoms with Crippen LogP contribution in [-0.2, 0) is 0 Å². The molecule has 0 heterocycles. The van der Waals surface area contributed by atoms with Gasteiger partial charge in [-0.15, -0.1) is 0 Å². The van der Waals surface area contributed by atoms with Gasteiger partial charge in [0.05, 0.1) is 5.02 Å². The van der Waals surface area contributed by atoms with Crippen molar-refractivity contribution < 1.29 is 8.78 Å². The molecule has 1 rings (SSSR count). The van der Waals surface area contributed by atoms with Crippen molar-refractivity contribution in [2.75, 3.05) is 0 Å². The van der Waals surface area contributed by atoms with Crippen molar-refractivity contribution in [2.45, 2.75) is 38.6 Å². The van der Waals surface area contributed by atoms with Gasteiger partial charge in [0.25, 0.3) is 0 Å². The van der Waals surface area contributed by atoms with Gasteiger partial charge in [-0.25, -0.2) is 8.78 Å². The third-order valence-electron chi connectivity index (χ3n) is 2.71. The van der Waals surface area contributed by atoms with Crippen LogP contribution in [0.25, 0.3) is 0 Å². The van der Waals surface area contributed by atoms with E-state index in [2.05, 4.69) is 12.3 Å². The first kappa shape index (κ1) is 14.4. The number of nitrogens with one attached hydrogen (secondary N) is 1. The summed E-state index contributed by atoms with van der Waals surface area (Å²) in [7, 11) is 0. The Morgan fingerprint density at radius 2 is 2.00 bits per heavy atom. The van der Waals surface area contributed by atoms with Gasteiger partial charge in [-0.05, 0) is 18.6 Å². The monoisotopic (exact) mass is 262 g/mol. The molecule has 0 fully saturated rings. The average molecular weight is 263 g/mol. The Labute approximate surface area is 105 Å². The van der Waals surface area contributed by atoms with Crippen LogP contribution in [0.5, 0.6) is 0 Å². The number of unbranched alkanes of at least 4 members (excludes halogenated alkanes) is 2. The van der Waals surface area contributed by atoms with E-state index in [1.165, 1.54) is 0 Å². The molecule has 0 radical (unpaired) electrons. The van der Waals surface area contributed by atoms with E-state index >= 15 is 0 Å². The van der Waals surface area contributed by atoms with E-state index in [-0.39, 0.29) is 16.6 Å². The number of halogens is 3. The fourth-order valence-electron chi connectivity index (χ4n) is 1.73. The molecule has 2 nitrogen and oxygen atoms in total. The van der Waals surface area contributed by atoms with Crippen molar-refractivity contribution in [1.29, 1.82) is 0 Å². The highest BCUT2D eigenvalue weighted by molar-refractivity contribution is 6.30. The maximum atomic E-state index is 13.6. The van der Waals surface area contributed by atoms with Gasteiger partial charge in [-0.2, -0.15) is 0 Å². The molecule has 1 atom stereocenters. The van der Waals surface area contributed by atoms with Gasteiger partial charge in [-0.3, -0.25) is 11.3 Å². The lowest BCUT2D eigenvalue weighted by Crippen LogP contribution is -2.28. The van der Waals surface area contributed by atoms with Gasteiger partial charge in [0.15, 0.2) is 0 Å². The molecule has 5 heteroatoms. The first-order valence-electron chi connectivity index (χ1n) is 5.70. The number of hydrogen-bond acceptors (Lipinski definition) is 2. The van der Waals surface area contributed by atoms with Crippen LogP contribution in [0.1, 0.15) is 44.2 Å². The summed E-state index contributed by atoms with van der Waals surface area (Å²) in [6.45, 7) is 2.08. The Morgan fingerprint density at radius 1 is 1.29 bits per heavy atom. The fraction of sp³-hybridized carbons (Fsp3) is 0.500. The number of benzene rings is 1. The molecule has 1 aromatic rings. The van der Waals surface area contributed by atoms with Crippen molar-refractivity contribution in [2.24, 2.45) is 5.84 Å². The van der Waals surface area contributed by atoms with Crippen LogP contribution >= 0.6 is 11.6 Å². The Hall–Kier alpha value is -0.710. The SMILES string of the molecule is CCCCCC(NN)c1cc(F)c(Cl)cc1F. The standard InChI is InChI=1S/C12H17ClF2N2/c1-2-3-4-5-12(17-16)8-6-11(15)9(13)7-10(8)14/h6-7,12,17H,2-5,16H2,1H3. The van der Waals surface area contributed by atoms with Crippen molar-refractivity contribution in [3.8, 4) is 0 Å². The minimum atomic E-state index is -0.626. The summed E-state index contributed by atoms with van der Waals surface area (Å²) in [6, 6.07) is 1.71. The highest BCUT2D eigenvalue weighted by Gasteiger charge is 2.16. The summed E-state index contributed by atoms with van der Waals surface area (Å²) >= 11 is 5.49. The normalized spacial score (nSPS) is 12.8. The molecular formula is C12H17ClF2N2. The van der Waals surface area contributed by atoms with Crippen LogP contribution in [0.2, 0.25) is 5.02 Å². The highest BCUT2D eigenvalue weighted by Crippen LogP contribution is 2.26.